The number of phosphoric acid groups is 1. The number of aliphatic hydroxyl groups is 3. The number of hydrogen-bond donors (Lipinski definition) is 5. The summed E-state index contributed by atoms with van der Waals surface area (Å²) in [5.74, 6) is -0.548. The predicted molar refractivity (Wildman–Crippen MR) is 223 cm³/mol. The lowest BCUT2D eigenvalue weighted by atomic mass is 10.1. The van der Waals surface area contributed by atoms with E-state index >= 15 is 0 Å². The third kappa shape index (κ3) is 36.8. The number of carbonyl (C=O) groups excluding carboxylic acids is 1. The van der Waals surface area contributed by atoms with E-state index in [1.54, 1.807) is 42.5 Å². The Hall–Kier alpha value is -2.60. The van der Waals surface area contributed by atoms with Crippen molar-refractivity contribution in [3.63, 3.8) is 0 Å². The number of nitrogens with two attached hydrogens (primary N) is 1. The van der Waals surface area contributed by atoms with Crippen LogP contribution in [-0.2, 0) is 27.9 Å². The Morgan fingerprint density at radius 1 is 0.709 bits per heavy atom. The van der Waals surface area contributed by atoms with Crippen LogP contribution in [0.5, 0.6) is 0 Å². The van der Waals surface area contributed by atoms with Gasteiger partial charge in [-0.1, -0.05) is 132 Å². The van der Waals surface area contributed by atoms with Gasteiger partial charge >= 0.3 is 13.8 Å². The van der Waals surface area contributed by atoms with Gasteiger partial charge in [0.15, 0.2) is 6.10 Å². The minimum atomic E-state index is -4.36. The molecule has 0 aromatic carbocycles. The second-order valence-corrected chi connectivity index (χ2v) is 14.8. The fourth-order valence-electron chi connectivity index (χ4n) is 5.02. The van der Waals surface area contributed by atoms with Crippen molar-refractivity contribution in [2.75, 3.05) is 26.4 Å². The number of allylic oxidation sites excluding steroid dienone is 10. The van der Waals surface area contributed by atoms with Gasteiger partial charge in [0.2, 0.25) is 0 Å². The molecule has 0 amide bonds. The molecule has 0 spiro atoms. The summed E-state index contributed by atoms with van der Waals surface area (Å²) < 4.78 is 32.9. The Morgan fingerprint density at radius 3 is 1.95 bits per heavy atom. The van der Waals surface area contributed by atoms with Crippen LogP contribution in [0, 0.1) is 0 Å². The summed E-state index contributed by atoms with van der Waals surface area (Å²) in [4.78, 5) is 22.3. The van der Waals surface area contributed by atoms with Gasteiger partial charge in [0.25, 0.3) is 0 Å². The van der Waals surface area contributed by atoms with Crippen LogP contribution < -0.4 is 5.73 Å². The molecule has 0 aliphatic carbocycles. The second-order valence-electron chi connectivity index (χ2n) is 13.4. The van der Waals surface area contributed by atoms with E-state index in [9.17, 15) is 29.6 Å². The van der Waals surface area contributed by atoms with Crippen LogP contribution in [0.15, 0.2) is 85.3 Å². The van der Waals surface area contributed by atoms with E-state index in [2.05, 4.69) is 19.1 Å². The molecule has 0 aromatic rings. The highest BCUT2D eigenvalue weighted by Crippen LogP contribution is 2.43. The van der Waals surface area contributed by atoms with E-state index in [1.807, 2.05) is 25.2 Å². The van der Waals surface area contributed by atoms with Crippen molar-refractivity contribution in [1.82, 2.24) is 0 Å². The highest BCUT2D eigenvalue weighted by Gasteiger charge is 2.24. The van der Waals surface area contributed by atoms with Gasteiger partial charge in [0, 0.05) is 13.0 Å². The van der Waals surface area contributed by atoms with Gasteiger partial charge in [0.05, 0.1) is 37.8 Å². The molecule has 0 saturated carbocycles. The normalized spacial score (nSPS) is 16.1. The molecule has 0 aliphatic rings. The van der Waals surface area contributed by atoms with Crippen molar-refractivity contribution in [3.8, 4) is 0 Å². The third-order valence-electron chi connectivity index (χ3n) is 8.23. The monoisotopic (exact) mass is 796 g/mol. The van der Waals surface area contributed by atoms with Gasteiger partial charge < -0.3 is 35.4 Å². The van der Waals surface area contributed by atoms with E-state index in [4.69, 9.17) is 24.3 Å². The second kappa shape index (κ2) is 38.3. The Morgan fingerprint density at radius 2 is 1.31 bits per heavy atom. The predicted octanol–water partition coefficient (Wildman–Crippen LogP) is 9.00. The van der Waals surface area contributed by atoms with Gasteiger partial charge in [-0.05, 0) is 70.3 Å². The van der Waals surface area contributed by atoms with Crippen LogP contribution in [0.4, 0.5) is 0 Å². The van der Waals surface area contributed by atoms with E-state index in [-0.39, 0.29) is 45.6 Å². The lowest BCUT2D eigenvalue weighted by molar-refractivity contribution is -0.147. The Labute approximate surface area is 332 Å². The molecule has 0 aliphatic heterocycles. The standard InChI is InChI=1S/C43H74NO10P/c1-3-5-7-8-9-10-11-12-13-14-15-16-17-20-23-27-35-51-40(38-54-55(49,50)53-36-34-44)37-52-43(48)33-28-32-42(47)41(46)31-26-22-19-18-21-25-30-39(45)29-24-6-4-2/h6,10-11,18-19,21-22,24-27,30-31,35,39-42,45-47H,3-5,7-9,12-17,20,23,28-29,32-34,36-38,44H2,1-2H3,(H,49,50)/b11-10-,21-18+,22-19-,24-6-,30-25+,31-26-,35-27+/t39-,40-,41+,42+/m1/s1. The summed E-state index contributed by atoms with van der Waals surface area (Å²) in [5, 5.41) is 30.3. The largest absolute Gasteiger partial charge is 0.492 e. The maximum Gasteiger partial charge on any atom is 0.472 e. The molecular formula is C43H74NO10P. The molecule has 6 N–H and O–H groups in total. The van der Waals surface area contributed by atoms with Crippen LogP contribution >= 0.6 is 7.82 Å². The van der Waals surface area contributed by atoms with Crippen LogP contribution in [0.3, 0.4) is 0 Å². The summed E-state index contributed by atoms with van der Waals surface area (Å²) in [6.07, 6.45) is 39.3. The van der Waals surface area contributed by atoms with Gasteiger partial charge in [-0.25, -0.2) is 4.57 Å². The molecule has 11 nitrogen and oxygen atoms in total. The number of unbranched alkanes of at least 4 members (excludes halogenated alkanes) is 11. The molecule has 316 valence electrons. The summed E-state index contributed by atoms with van der Waals surface area (Å²) in [7, 11) is -4.36. The van der Waals surface area contributed by atoms with Gasteiger partial charge in [0.1, 0.15) is 6.61 Å². The quantitative estimate of drug-likeness (QED) is 0.0101. The average Bonchev–Trinajstić information content (AvgIpc) is 3.16. The summed E-state index contributed by atoms with van der Waals surface area (Å²) in [6.45, 7) is 3.58. The molecular weight excluding hydrogens is 721 g/mol. The fraction of sp³-hybridized carbons (Fsp3) is 0.651. The van der Waals surface area contributed by atoms with Crippen LogP contribution in [-0.4, -0.2) is 77.0 Å². The van der Waals surface area contributed by atoms with Crippen LogP contribution in [0.25, 0.3) is 0 Å². The first kappa shape index (κ1) is 52.4. The van der Waals surface area contributed by atoms with Crippen molar-refractivity contribution in [2.24, 2.45) is 5.73 Å². The molecule has 0 aromatic heterocycles. The molecule has 0 radical (unpaired) electrons. The Kier molecular flexibility index (Phi) is 36.5. The number of aliphatic hydroxyl groups excluding tert-OH is 3. The molecule has 0 heterocycles. The van der Waals surface area contributed by atoms with Crippen molar-refractivity contribution >= 4 is 13.8 Å². The molecule has 12 heteroatoms. The zero-order valence-electron chi connectivity index (χ0n) is 33.7. The summed E-state index contributed by atoms with van der Waals surface area (Å²) in [5.41, 5.74) is 5.34. The molecule has 0 fully saturated rings. The minimum absolute atomic E-state index is 0.00730. The van der Waals surface area contributed by atoms with Crippen molar-refractivity contribution in [3.05, 3.63) is 85.3 Å². The zero-order valence-corrected chi connectivity index (χ0v) is 34.6. The highest BCUT2D eigenvalue weighted by atomic mass is 31.2. The zero-order chi connectivity index (χ0) is 40.7. The van der Waals surface area contributed by atoms with E-state index in [1.165, 1.54) is 70.1 Å². The number of rotatable bonds is 37. The smallest absolute Gasteiger partial charge is 0.472 e. The van der Waals surface area contributed by atoms with E-state index in [0.717, 1.165) is 32.1 Å². The maximum absolute atomic E-state index is 12.4. The first-order valence-electron chi connectivity index (χ1n) is 20.5. The molecule has 55 heavy (non-hydrogen) atoms. The topological polar surface area (TPSA) is 178 Å². The Balaban J connectivity index is 4.49. The minimum Gasteiger partial charge on any atom is -0.492 e. The molecule has 5 atom stereocenters. The molecule has 0 saturated heterocycles. The summed E-state index contributed by atoms with van der Waals surface area (Å²) in [6, 6.07) is 0. The van der Waals surface area contributed by atoms with Crippen LogP contribution in [0.2, 0.25) is 0 Å². The Bertz CT molecular complexity index is 1170. The van der Waals surface area contributed by atoms with E-state index in [0.29, 0.717) is 6.42 Å². The maximum atomic E-state index is 12.4. The van der Waals surface area contributed by atoms with E-state index < -0.39 is 38.2 Å². The molecule has 1 unspecified atom stereocenters. The number of esters is 1. The SMILES string of the molecule is CC/C=C\C[C@@H](O)/C=C/C=C/C=C\C=C/[C@H](O)[C@@H](O)CCCC(=O)OC[C@H](COP(=O)(O)OCCN)O/C=C/CCCCCCCC/C=C\CCCCCC. The number of carbonyl (C=O) groups is 1. The van der Waals surface area contributed by atoms with Gasteiger partial charge in [-0.3, -0.25) is 13.8 Å². The van der Waals surface area contributed by atoms with Crippen molar-refractivity contribution < 1.29 is 48.1 Å². The number of hydrogen-bond acceptors (Lipinski definition) is 10. The van der Waals surface area contributed by atoms with Gasteiger partial charge in [-0.2, -0.15) is 0 Å². The fourth-order valence-corrected chi connectivity index (χ4v) is 5.79. The first-order valence-corrected chi connectivity index (χ1v) is 21.9. The van der Waals surface area contributed by atoms with Crippen LogP contribution in [0.1, 0.15) is 129 Å². The van der Waals surface area contributed by atoms with Crippen molar-refractivity contribution in [1.29, 1.82) is 0 Å². The van der Waals surface area contributed by atoms with Crippen molar-refractivity contribution in [2.45, 2.75) is 154 Å². The average molecular weight is 796 g/mol. The summed E-state index contributed by atoms with van der Waals surface area (Å²) >= 11 is 0. The number of phosphoric ester groups is 1. The lowest BCUT2D eigenvalue weighted by Gasteiger charge is -2.19. The molecule has 0 rings (SSSR count). The number of ether oxygens (including phenoxy) is 2. The first-order chi connectivity index (χ1) is 26.6. The van der Waals surface area contributed by atoms with Gasteiger partial charge in [-0.15, -0.1) is 0 Å². The third-order valence-corrected chi connectivity index (χ3v) is 9.21. The molecule has 0 bridgehead atoms. The lowest BCUT2D eigenvalue weighted by Crippen LogP contribution is -2.26. The highest BCUT2D eigenvalue weighted by molar-refractivity contribution is 7.47.